The number of likely N-dealkylation sites (N-methyl/N-ethyl adjacent to an activating group) is 1. The van der Waals surface area contributed by atoms with Crippen molar-refractivity contribution in [2.45, 2.75) is 38.1 Å². The molecule has 2 amide bonds. The normalized spacial score (nSPS) is 21.0. The molecule has 1 aliphatic heterocycles. The van der Waals surface area contributed by atoms with Gasteiger partial charge in [-0.3, -0.25) is 14.5 Å². The third-order valence-electron chi connectivity index (χ3n) is 4.45. The molecule has 2 fully saturated rings. The van der Waals surface area contributed by atoms with Crippen LogP contribution in [0.15, 0.2) is 0 Å². The van der Waals surface area contributed by atoms with E-state index < -0.39 is 11.8 Å². The molecule has 6 nitrogen and oxygen atoms in total. The van der Waals surface area contributed by atoms with Gasteiger partial charge >= 0.3 is 11.8 Å². The van der Waals surface area contributed by atoms with Crippen LogP contribution in [-0.4, -0.2) is 74.1 Å². The molecule has 1 saturated heterocycles. The van der Waals surface area contributed by atoms with Crippen molar-refractivity contribution in [2.75, 3.05) is 46.4 Å². The first-order valence-electron chi connectivity index (χ1n) is 8.03. The Morgan fingerprint density at radius 1 is 1.19 bits per heavy atom. The number of carbonyl (C=O) groups excluding carboxylic acids is 2. The molecule has 0 atom stereocenters. The fraction of sp³-hybridized carbons (Fsp3) is 0.867. The van der Waals surface area contributed by atoms with Crippen molar-refractivity contribution in [3.8, 4) is 0 Å². The molecular formula is C15H27N3O3. The standard InChI is InChI=1S/C15H27N3O3/c1-17(13-5-3-2-4-6-13)15(20)14(19)16-7-8-18-9-11-21-12-10-18/h13H,2-12H2,1H3,(H,16,19). The Labute approximate surface area is 126 Å². The largest absolute Gasteiger partial charge is 0.379 e. The van der Waals surface area contributed by atoms with E-state index in [4.69, 9.17) is 4.74 Å². The Morgan fingerprint density at radius 3 is 2.52 bits per heavy atom. The van der Waals surface area contributed by atoms with E-state index in [2.05, 4.69) is 10.2 Å². The van der Waals surface area contributed by atoms with Crippen LogP contribution in [0.3, 0.4) is 0 Å². The van der Waals surface area contributed by atoms with Crippen LogP contribution in [0.5, 0.6) is 0 Å². The molecule has 0 radical (unpaired) electrons. The SMILES string of the molecule is CN(C(=O)C(=O)NCCN1CCOCC1)C1CCCCC1. The highest BCUT2D eigenvalue weighted by Crippen LogP contribution is 2.21. The van der Waals surface area contributed by atoms with Gasteiger partial charge in [-0.25, -0.2) is 0 Å². The lowest BCUT2D eigenvalue weighted by Crippen LogP contribution is -2.48. The maximum absolute atomic E-state index is 12.1. The number of morpholine rings is 1. The Kier molecular flexibility index (Phi) is 6.45. The molecule has 0 unspecified atom stereocenters. The lowest BCUT2D eigenvalue weighted by Gasteiger charge is -2.31. The van der Waals surface area contributed by atoms with Crippen molar-refractivity contribution in [1.82, 2.24) is 15.1 Å². The molecule has 0 bridgehead atoms. The summed E-state index contributed by atoms with van der Waals surface area (Å²) in [5, 5.41) is 2.74. The molecule has 0 aromatic rings. The quantitative estimate of drug-likeness (QED) is 0.755. The Hall–Kier alpha value is -1.14. The Morgan fingerprint density at radius 2 is 1.86 bits per heavy atom. The summed E-state index contributed by atoms with van der Waals surface area (Å²) >= 11 is 0. The zero-order valence-corrected chi connectivity index (χ0v) is 13.0. The highest BCUT2D eigenvalue weighted by molar-refractivity contribution is 6.35. The summed E-state index contributed by atoms with van der Waals surface area (Å²) in [6.07, 6.45) is 5.58. The predicted molar refractivity (Wildman–Crippen MR) is 79.9 cm³/mol. The summed E-state index contributed by atoms with van der Waals surface area (Å²) in [7, 11) is 1.75. The number of carbonyl (C=O) groups is 2. The van der Waals surface area contributed by atoms with Crippen LogP contribution in [-0.2, 0) is 14.3 Å². The topological polar surface area (TPSA) is 61.9 Å². The van der Waals surface area contributed by atoms with Gasteiger partial charge in [-0.2, -0.15) is 0 Å². The highest BCUT2D eigenvalue weighted by atomic mass is 16.5. The van der Waals surface area contributed by atoms with Crippen LogP contribution >= 0.6 is 0 Å². The summed E-state index contributed by atoms with van der Waals surface area (Å²) in [6.45, 7) is 4.57. The zero-order valence-electron chi connectivity index (χ0n) is 13.0. The van der Waals surface area contributed by atoms with Gasteiger partial charge < -0.3 is 15.0 Å². The number of nitrogens with one attached hydrogen (secondary N) is 1. The first kappa shape index (κ1) is 16.2. The van der Waals surface area contributed by atoms with Gasteiger partial charge in [0.05, 0.1) is 13.2 Å². The minimum Gasteiger partial charge on any atom is -0.379 e. The summed E-state index contributed by atoms with van der Waals surface area (Å²) in [5.41, 5.74) is 0. The van der Waals surface area contributed by atoms with Crippen molar-refractivity contribution in [2.24, 2.45) is 0 Å². The fourth-order valence-electron chi connectivity index (χ4n) is 3.02. The van der Waals surface area contributed by atoms with Crippen LogP contribution in [0.25, 0.3) is 0 Å². The maximum atomic E-state index is 12.1. The summed E-state index contributed by atoms with van der Waals surface area (Å²) in [4.78, 5) is 27.9. The molecule has 0 aromatic carbocycles. The van der Waals surface area contributed by atoms with E-state index in [-0.39, 0.29) is 6.04 Å². The molecule has 21 heavy (non-hydrogen) atoms. The maximum Gasteiger partial charge on any atom is 0.311 e. The van der Waals surface area contributed by atoms with Gasteiger partial charge in [-0.1, -0.05) is 19.3 Å². The first-order chi connectivity index (χ1) is 10.2. The van der Waals surface area contributed by atoms with Crippen molar-refractivity contribution in [3.63, 3.8) is 0 Å². The van der Waals surface area contributed by atoms with Crippen molar-refractivity contribution >= 4 is 11.8 Å². The summed E-state index contributed by atoms with van der Waals surface area (Å²) < 4.78 is 5.27. The third-order valence-corrected chi connectivity index (χ3v) is 4.45. The van der Waals surface area contributed by atoms with Crippen molar-refractivity contribution < 1.29 is 14.3 Å². The Balaban J connectivity index is 1.67. The highest BCUT2D eigenvalue weighted by Gasteiger charge is 2.26. The second-order valence-corrected chi connectivity index (χ2v) is 5.92. The second kappa shape index (κ2) is 8.34. The van der Waals surface area contributed by atoms with Gasteiger partial charge in [0, 0.05) is 39.3 Å². The van der Waals surface area contributed by atoms with Crippen LogP contribution in [0.4, 0.5) is 0 Å². The molecule has 2 rings (SSSR count). The molecule has 1 heterocycles. The molecule has 1 N–H and O–H groups in total. The van der Waals surface area contributed by atoms with E-state index in [9.17, 15) is 9.59 Å². The monoisotopic (exact) mass is 297 g/mol. The van der Waals surface area contributed by atoms with E-state index in [1.165, 1.54) is 6.42 Å². The molecule has 120 valence electrons. The van der Waals surface area contributed by atoms with Crippen LogP contribution in [0.1, 0.15) is 32.1 Å². The average Bonchev–Trinajstić information content (AvgIpc) is 2.55. The number of nitrogens with zero attached hydrogens (tertiary/aromatic N) is 2. The molecular weight excluding hydrogens is 270 g/mol. The van der Waals surface area contributed by atoms with E-state index in [0.717, 1.165) is 58.5 Å². The van der Waals surface area contributed by atoms with E-state index in [0.29, 0.717) is 6.54 Å². The minimum absolute atomic E-state index is 0.233. The van der Waals surface area contributed by atoms with E-state index in [1.807, 2.05) is 0 Å². The summed E-state index contributed by atoms with van der Waals surface area (Å²) in [6, 6.07) is 0.233. The van der Waals surface area contributed by atoms with E-state index >= 15 is 0 Å². The summed E-state index contributed by atoms with van der Waals surface area (Å²) in [5.74, 6) is -0.875. The smallest absolute Gasteiger partial charge is 0.311 e. The molecule has 2 aliphatic rings. The lowest BCUT2D eigenvalue weighted by molar-refractivity contribution is -0.146. The van der Waals surface area contributed by atoms with E-state index in [1.54, 1.807) is 11.9 Å². The molecule has 1 aliphatic carbocycles. The van der Waals surface area contributed by atoms with Gasteiger partial charge in [0.25, 0.3) is 0 Å². The first-order valence-corrected chi connectivity index (χ1v) is 8.03. The Bertz CT molecular complexity index is 350. The minimum atomic E-state index is -0.476. The lowest BCUT2D eigenvalue weighted by atomic mass is 9.94. The molecule has 6 heteroatoms. The molecule has 0 aromatic heterocycles. The van der Waals surface area contributed by atoms with Gasteiger partial charge in [0.2, 0.25) is 0 Å². The fourth-order valence-corrected chi connectivity index (χ4v) is 3.02. The zero-order chi connectivity index (χ0) is 15.1. The van der Waals surface area contributed by atoms with Gasteiger partial charge in [0.1, 0.15) is 0 Å². The molecule has 1 saturated carbocycles. The second-order valence-electron chi connectivity index (χ2n) is 5.92. The van der Waals surface area contributed by atoms with Crippen molar-refractivity contribution in [1.29, 1.82) is 0 Å². The predicted octanol–water partition coefficient (Wildman–Crippen LogP) is 0.226. The number of amides is 2. The number of rotatable bonds is 4. The van der Waals surface area contributed by atoms with Crippen LogP contribution < -0.4 is 5.32 Å². The van der Waals surface area contributed by atoms with Gasteiger partial charge in [-0.05, 0) is 12.8 Å². The van der Waals surface area contributed by atoms with Crippen LogP contribution in [0.2, 0.25) is 0 Å². The van der Waals surface area contributed by atoms with Gasteiger partial charge in [0.15, 0.2) is 0 Å². The van der Waals surface area contributed by atoms with Crippen molar-refractivity contribution in [3.05, 3.63) is 0 Å². The van der Waals surface area contributed by atoms with Crippen LogP contribution in [0, 0.1) is 0 Å². The average molecular weight is 297 g/mol. The molecule has 0 spiro atoms. The third kappa shape index (κ3) is 4.97. The number of ether oxygens (including phenoxy) is 1. The number of hydrogen-bond donors (Lipinski definition) is 1. The number of hydrogen-bond acceptors (Lipinski definition) is 4. The van der Waals surface area contributed by atoms with Gasteiger partial charge in [-0.15, -0.1) is 0 Å².